The van der Waals surface area contributed by atoms with Gasteiger partial charge in [-0.05, 0) is 31.2 Å². The molecule has 5 nitrogen and oxygen atoms in total. The van der Waals surface area contributed by atoms with E-state index in [0.29, 0.717) is 0 Å². The van der Waals surface area contributed by atoms with E-state index in [2.05, 4.69) is 39.8 Å². The van der Waals surface area contributed by atoms with Crippen molar-refractivity contribution in [3.63, 3.8) is 0 Å². The molecule has 4 aromatic rings. The number of nitrogens with zero attached hydrogens (tertiary/aromatic N) is 4. The standard InChI is InChI=1S/C21H20N4O/c1-16(17-8-3-5-10-19(17)25-14-7-12-23-25)24-15-13-22-21(24)18-9-4-6-11-20(18)26-2/h3-16H,1-2H3. The zero-order valence-corrected chi connectivity index (χ0v) is 14.8. The summed E-state index contributed by atoms with van der Waals surface area (Å²) in [7, 11) is 1.68. The monoisotopic (exact) mass is 344 g/mol. The molecule has 0 bridgehead atoms. The second-order valence-corrected chi connectivity index (χ2v) is 6.04. The first-order valence-corrected chi connectivity index (χ1v) is 8.54. The fourth-order valence-corrected chi connectivity index (χ4v) is 3.27. The SMILES string of the molecule is COc1ccccc1-c1nccn1C(C)c1ccccc1-n1cccn1. The van der Waals surface area contributed by atoms with Gasteiger partial charge in [0.05, 0.1) is 24.4 Å². The van der Waals surface area contributed by atoms with Crippen molar-refractivity contribution in [2.75, 3.05) is 7.11 Å². The summed E-state index contributed by atoms with van der Waals surface area (Å²) in [5, 5.41) is 4.39. The molecule has 0 saturated heterocycles. The Balaban J connectivity index is 1.81. The molecule has 0 fully saturated rings. The van der Waals surface area contributed by atoms with Crippen LogP contribution in [-0.2, 0) is 0 Å². The molecule has 130 valence electrons. The second-order valence-electron chi connectivity index (χ2n) is 6.04. The molecule has 26 heavy (non-hydrogen) atoms. The van der Waals surface area contributed by atoms with Crippen molar-refractivity contribution in [3.05, 3.63) is 84.9 Å². The smallest absolute Gasteiger partial charge is 0.144 e. The molecule has 0 aliphatic heterocycles. The molecule has 2 aromatic heterocycles. The lowest BCUT2D eigenvalue weighted by Crippen LogP contribution is -2.11. The molecule has 0 aliphatic rings. The third-order valence-corrected chi connectivity index (χ3v) is 4.57. The summed E-state index contributed by atoms with van der Waals surface area (Å²) in [6, 6.07) is 18.3. The van der Waals surface area contributed by atoms with Gasteiger partial charge in [0, 0.05) is 30.4 Å². The van der Waals surface area contributed by atoms with Gasteiger partial charge in [-0.1, -0.05) is 30.3 Å². The quantitative estimate of drug-likeness (QED) is 0.540. The third-order valence-electron chi connectivity index (χ3n) is 4.57. The zero-order valence-electron chi connectivity index (χ0n) is 14.8. The lowest BCUT2D eigenvalue weighted by atomic mass is 10.0. The summed E-state index contributed by atoms with van der Waals surface area (Å²) in [6.07, 6.45) is 7.58. The molecule has 0 radical (unpaired) electrons. The van der Waals surface area contributed by atoms with Crippen molar-refractivity contribution in [2.45, 2.75) is 13.0 Å². The molecule has 1 unspecified atom stereocenters. The van der Waals surface area contributed by atoms with Gasteiger partial charge >= 0.3 is 0 Å². The number of benzene rings is 2. The van der Waals surface area contributed by atoms with Crippen LogP contribution in [0.3, 0.4) is 0 Å². The average molecular weight is 344 g/mol. The number of hydrogen-bond acceptors (Lipinski definition) is 3. The predicted octanol–water partition coefficient (Wildman–Crippen LogP) is 4.35. The summed E-state index contributed by atoms with van der Waals surface area (Å²) in [6.45, 7) is 2.17. The highest BCUT2D eigenvalue weighted by molar-refractivity contribution is 5.65. The van der Waals surface area contributed by atoms with Crippen LogP contribution in [0.1, 0.15) is 18.5 Å². The molecule has 0 saturated carbocycles. The van der Waals surface area contributed by atoms with Crippen LogP contribution >= 0.6 is 0 Å². The molecule has 2 aromatic carbocycles. The molecule has 0 spiro atoms. The molecule has 5 heteroatoms. The highest BCUT2D eigenvalue weighted by Crippen LogP contribution is 2.33. The van der Waals surface area contributed by atoms with Gasteiger partial charge in [0.15, 0.2) is 0 Å². The Morgan fingerprint density at radius 3 is 2.54 bits per heavy atom. The van der Waals surface area contributed by atoms with Gasteiger partial charge in [0.1, 0.15) is 11.6 Å². The first-order valence-electron chi connectivity index (χ1n) is 8.54. The number of rotatable bonds is 5. The summed E-state index contributed by atoms with van der Waals surface area (Å²) in [5.74, 6) is 1.69. The maximum atomic E-state index is 5.52. The maximum Gasteiger partial charge on any atom is 0.144 e. The minimum absolute atomic E-state index is 0.0813. The number of para-hydroxylation sites is 2. The van der Waals surface area contributed by atoms with Gasteiger partial charge in [0.25, 0.3) is 0 Å². The van der Waals surface area contributed by atoms with E-state index in [1.54, 1.807) is 13.3 Å². The maximum absolute atomic E-state index is 5.52. The van der Waals surface area contributed by atoms with E-state index in [1.807, 2.05) is 59.7 Å². The van der Waals surface area contributed by atoms with Gasteiger partial charge in [-0.2, -0.15) is 5.10 Å². The normalized spacial score (nSPS) is 12.1. The van der Waals surface area contributed by atoms with Crippen molar-refractivity contribution in [2.24, 2.45) is 0 Å². The Hall–Kier alpha value is -3.34. The largest absolute Gasteiger partial charge is 0.496 e. The highest BCUT2D eigenvalue weighted by atomic mass is 16.5. The molecular weight excluding hydrogens is 324 g/mol. The van der Waals surface area contributed by atoms with Crippen LogP contribution in [0.5, 0.6) is 5.75 Å². The molecule has 2 heterocycles. The summed E-state index contributed by atoms with van der Waals surface area (Å²) < 4.78 is 9.59. The fraction of sp³-hybridized carbons (Fsp3) is 0.143. The van der Waals surface area contributed by atoms with E-state index in [1.165, 1.54) is 5.56 Å². The minimum atomic E-state index is 0.0813. The van der Waals surface area contributed by atoms with Gasteiger partial charge in [-0.25, -0.2) is 9.67 Å². The van der Waals surface area contributed by atoms with Crippen LogP contribution in [-0.4, -0.2) is 26.4 Å². The van der Waals surface area contributed by atoms with Crippen molar-refractivity contribution < 1.29 is 4.74 Å². The predicted molar refractivity (Wildman–Crippen MR) is 102 cm³/mol. The first-order chi connectivity index (χ1) is 12.8. The number of imidazole rings is 1. The van der Waals surface area contributed by atoms with E-state index < -0.39 is 0 Å². The van der Waals surface area contributed by atoms with Crippen LogP contribution in [0.2, 0.25) is 0 Å². The van der Waals surface area contributed by atoms with Crippen molar-refractivity contribution in [3.8, 4) is 22.8 Å². The van der Waals surface area contributed by atoms with Crippen LogP contribution in [0.4, 0.5) is 0 Å². The van der Waals surface area contributed by atoms with E-state index >= 15 is 0 Å². The van der Waals surface area contributed by atoms with Crippen molar-refractivity contribution in [1.82, 2.24) is 19.3 Å². The van der Waals surface area contributed by atoms with Crippen LogP contribution in [0.25, 0.3) is 17.1 Å². The lowest BCUT2D eigenvalue weighted by Gasteiger charge is -2.20. The van der Waals surface area contributed by atoms with Gasteiger partial charge < -0.3 is 9.30 Å². The Labute approximate surface area is 152 Å². The second kappa shape index (κ2) is 6.88. The molecule has 0 aliphatic carbocycles. The topological polar surface area (TPSA) is 44.9 Å². The van der Waals surface area contributed by atoms with Crippen LogP contribution < -0.4 is 4.74 Å². The molecule has 1 atom stereocenters. The minimum Gasteiger partial charge on any atom is -0.496 e. The zero-order chi connectivity index (χ0) is 17.9. The van der Waals surface area contributed by atoms with Crippen molar-refractivity contribution >= 4 is 0 Å². The fourth-order valence-electron chi connectivity index (χ4n) is 3.27. The highest BCUT2D eigenvalue weighted by Gasteiger charge is 2.19. The van der Waals surface area contributed by atoms with E-state index in [9.17, 15) is 0 Å². The third kappa shape index (κ3) is 2.77. The summed E-state index contributed by atoms with van der Waals surface area (Å²) in [5.41, 5.74) is 3.21. The molecule has 0 amide bonds. The Morgan fingerprint density at radius 1 is 0.923 bits per heavy atom. The number of ether oxygens (including phenoxy) is 1. The molecule has 4 rings (SSSR count). The Bertz CT molecular complexity index is 1000. The van der Waals surface area contributed by atoms with E-state index in [4.69, 9.17) is 4.74 Å². The molecule has 0 N–H and O–H groups in total. The first kappa shape index (κ1) is 16.1. The summed E-state index contributed by atoms with van der Waals surface area (Å²) in [4.78, 5) is 4.59. The Kier molecular flexibility index (Phi) is 4.27. The number of hydrogen-bond donors (Lipinski definition) is 0. The van der Waals surface area contributed by atoms with Crippen LogP contribution in [0, 0.1) is 0 Å². The van der Waals surface area contributed by atoms with E-state index in [0.717, 1.165) is 22.8 Å². The van der Waals surface area contributed by atoms with Crippen LogP contribution in [0.15, 0.2) is 79.4 Å². The Morgan fingerprint density at radius 2 is 1.73 bits per heavy atom. The average Bonchev–Trinajstić information content (AvgIpc) is 3.39. The molecular formula is C21H20N4O. The lowest BCUT2D eigenvalue weighted by molar-refractivity contribution is 0.415. The summed E-state index contributed by atoms with van der Waals surface area (Å²) >= 11 is 0. The van der Waals surface area contributed by atoms with E-state index in [-0.39, 0.29) is 6.04 Å². The van der Waals surface area contributed by atoms with Gasteiger partial charge in [-0.3, -0.25) is 0 Å². The van der Waals surface area contributed by atoms with Crippen molar-refractivity contribution in [1.29, 1.82) is 0 Å². The van der Waals surface area contributed by atoms with Gasteiger partial charge in [-0.15, -0.1) is 0 Å². The number of aromatic nitrogens is 4. The number of methoxy groups -OCH3 is 1. The van der Waals surface area contributed by atoms with Gasteiger partial charge in [0.2, 0.25) is 0 Å².